The van der Waals surface area contributed by atoms with Crippen LogP contribution < -0.4 is 0 Å². The molecule has 0 radical (unpaired) electrons. The lowest BCUT2D eigenvalue weighted by molar-refractivity contribution is -0.220. The fourth-order valence-corrected chi connectivity index (χ4v) is 8.25. The number of phosphoric acid groups is 1. The van der Waals surface area contributed by atoms with Crippen molar-refractivity contribution >= 4 is 19.8 Å². The third-order valence-corrected chi connectivity index (χ3v) is 12.2. The Morgan fingerprint density at radius 2 is 0.905 bits per heavy atom. The summed E-state index contributed by atoms with van der Waals surface area (Å²) in [6.07, 6.45) is 33.0. The van der Waals surface area contributed by atoms with Gasteiger partial charge in [-0.25, -0.2) is 4.57 Å². The zero-order valence-corrected chi connectivity index (χ0v) is 39.8. The van der Waals surface area contributed by atoms with E-state index in [1.54, 1.807) is 0 Å². The second kappa shape index (κ2) is 39.0. The molecular formula is C49H87O13P. The van der Waals surface area contributed by atoms with Crippen molar-refractivity contribution in [3.63, 3.8) is 0 Å². The van der Waals surface area contributed by atoms with Gasteiger partial charge in [0.25, 0.3) is 0 Å². The zero-order chi connectivity index (χ0) is 46.4. The fourth-order valence-electron chi connectivity index (χ4n) is 7.28. The van der Waals surface area contributed by atoms with Gasteiger partial charge in [-0.15, -0.1) is 0 Å². The number of ether oxygens (including phenoxy) is 2. The second-order valence-electron chi connectivity index (χ2n) is 16.9. The van der Waals surface area contributed by atoms with Crippen molar-refractivity contribution < 1.29 is 63.1 Å². The number of unbranched alkanes of at least 4 members (excludes halogenated alkanes) is 20. The van der Waals surface area contributed by atoms with Crippen LogP contribution in [0.15, 0.2) is 48.6 Å². The van der Waals surface area contributed by atoms with Crippen molar-refractivity contribution in [2.24, 2.45) is 0 Å². The van der Waals surface area contributed by atoms with Crippen LogP contribution in [0.3, 0.4) is 0 Å². The molecule has 0 aromatic heterocycles. The number of carbonyl (C=O) groups is 2. The number of hydrogen-bond donors (Lipinski definition) is 6. The van der Waals surface area contributed by atoms with Gasteiger partial charge in [0.2, 0.25) is 0 Å². The Morgan fingerprint density at radius 3 is 1.38 bits per heavy atom. The number of carbonyl (C=O) groups excluding carboxylic acids is 2. The summed E-state index contributed by atoms with van der Waals surface area (Å²) in [5, 5.41) is 50.2. The van der Waals surface area contributed by atoms with Crippen molar-refractivity contribution in [2.45, 2.75) is 236 Å². The molecule has 0 aromatic rings. The number of aliphatic hydroxyl groups excluding tert-OH is 5. The highest BCUT2D eigenvalue weighted by Gasteiger charge is 2.51. The molecule has 63 heavy (non-hydrogen) atoms. The number of hydrogen-bond acceptors (Lipinski definition) is 12. The molecule has 6 N–H and O–H groups in total. The lowest BCUT2D eigenvalue weighted by Gasteiger charge is -2.41. The van der Waals surface area contributed by atoms with Gasteiger partial charge in [0.05, 0.1) is 6.61 Å². The Morgan fingerprint density at radius 1 is 0.508 bits per heavy atom. The van der Waals surface area contributed by atoms with Gasteiger partial charge in [-0.2, -0.15) is 0 Å². The van der Waals surface area contributed by atoms with Crippen LogP contribution in [-0.4, -0.2) is 98.3 Å². The lowest BCUT2D eigenvalue weighted by Crippen LogP contribution is -2.64. The molecule has 6 unspecified atom stereocenters. The van der Waals surface area contributed by atoms with Crippen LogP contribution in [0.25, 0.3) is 0 Å². The van der Waals surface area contributed by atoms with E-state index in [0.717, 1.165) is 83.5 Å². The number of esters is 2. The zero-order valence-electron chi connectivity index (χ0n) is 38.9. The summed E-state index contributed by atoms with van der Waals surface area (Å²) in [6, 6.07) is 0. The van der Waals surface area contributed by atoms with Crippen molar-refractivity contribution in [1.29, 1.82) is 0 Å². The molecule has 0 amide bonds. The summed E-state index contributed by atoms with van der Waals surface area (Å²) in [5.41, 5.74) is 0. The first kappa shape index (κ1) is 58.8. The highest BCUT2D eigenvalue weighted by Crippen LogP contribution is 2.47. The molecule has 1 rings (SSSR count). The van der Waals surface area contributed by atoms with E-state index in [1.807, 2.05) is 0 Å². The average molecular weight is 915 g/mol. The van der Waals surface area contributed by atoms with Crippen LogP contribution in [0.4, 0.5) is 0 Å². The number of phosphoric ester groups is 1. The third kappa shape index (κ3) is 31.4. The molecular weight excluding hydrogens is 828 g/mol. The molecule has 0 bridgehead atoms. The quantitative estimate of drug-likeness (QED) is 0.0147. The Hall–Kier alpha value is -2.19. The molecule has 1 aliphatic rings. The van der Waals surface area contributed by atoms with Crippen LogP contribution in [0, 0.1) is 0 Å². The number of rotatable bonds is 40. The molecule has 1 fully saturated rings. The Balaban J connectivity index is 2.44. The summed E-state index contributed by atoms with van der Waals surface area (Å²) in [5.74, 6) is -1.11. The van der Waals surface area contributed by atoms with Gasteiger partial charge >= 0.3 is 19.8 Å². The van der Waals surface area contributed by atoms with Crippen LogP contribution >= 0.6 is 7.82 Å². The van der Waals surface area contributed by atoms with Gasteiger partial charge in [-0.05, 0) is 51.4 Å². The molecule has 366 valence electrons. The van der Waals surface area contributed by atoms with E-state index in [1.165, 1.54) is 70.6 Å². The van der Waals surface area contributed by atoms with E-state index in [2.05, 4.69) is 62.5 Å². The second-order valence-corrected chi connectivity index (χ2v) is 18.3. The molecule has 14 heteroatoms. The maximum Gasteiger partial charge on any atom is 0.472 e. The fraction of sp³-hybridized carbons (Fsp3) is 0.796. The summed E-state index contributed by atoms with van der Waals surface area (Å²) in [7, 11) is -5.12. The summed E-state index contributed by atoms with van der Waals surface area (Å²) < 4.78 is 33.6. The highest BCUT2D eigenvalue weighted by molar-refractivity contribution is 7.47. The van der Waals surface area contributed by atoms with Gasteiger partial charge in [0, 0.05) is 12.8 Å². The first-order valence-electron chi connectivity index (χ1n) is 24.4. The predicted molar refractivity (Wildman–Crippen MR) is 249 cm³/mol. The van der Waals surface area contributed by atoms with E-state index in [9.17, 15) is 44.6 Å². The number of allylic oxidation sites excluding steroid dienone is 8. The molecule has 0 heterocycles. The maximum atomic E-state index is 12.8. The summed E-state index contributed by atoms with van der Waals surface area (Å²) in [6.45, 7) is 3.19. The van der Waals surface area contributed by atoms with Gasteiger partial charge in [0.1, 0.15) is 43.2 Å². The molecule has 13 nitrogen and oxygen atoms in total. The van der Waals surface area contributed by atoms with Gasteiger partial charge in [-0.1, -0.05) is 178 Å². The van der Waals surface area contributed by atoms with E-state index < -0.39 is 75.7 Å². The first-order valence-corrected chi connectivity index (χ1v) is 25.9. The highest BCUT2D eigenvalue weighted by atomic mass is 31.2. The minimum atomic E-state index is -5.12. The SMILES string of the molecule is CCC=CCC=CCC=CCC=CCCCCCCCCC(=O)O[C@H](COC(=O)CCCCCCCCCCCCCCCCC)COP(=O)(O)OC1C(O)C(O)C(O)[C@@H](O)C1O. The minimum Gasteiger partial charge on any atom is -0.462 e. The monoisotopic (exact) mass is 915 g/mol. The maximum absolute atomic E-state index is 12.8. The Kier molecular flexibility index (Phi) is 36.4. The van der Waals surface area contributed by atoms with E-state index in [0.29, 0.717) is 12.8 Å². The summed E-state index contributed by atoms with van der Waals surface area (Å²) in [4.78, 5) is 35.8. The smallest absolute Gasteiger partial charge is 0.462 e. The standard InChI is InChI=1S/C49H87O13P/c1-3-5-7-9-11-13-15-17-19-20-21-22-24-26-28-30-32-34-36-38-43(51)61-41(40-60-63(57,58)62-49-47(55)45(53)44(52)46(54)48(49)56)39-59-42(50)37-35-33-31-29-27-25-23-18-16-14-12-10-8-6-4-2/h5,7,11,13,17,19,21-22,41,44-49,52-56H,3-4,6,8-10,12,14-16,18,20,23-40H2,1-2H3,(H,57,58)/t41-,44?,45-,46?,47?,48?,49?/m1/s1. The van der Waals surface area contributed by atoms with Crippen LogP contribution in [0.1, 0.15) is 194 Å². The van der Waals surface area contributed by atoms with E-state index in [4.69, 9.17) is 18.5 Å². The third-order valence-electron chi connectivity index (χ3n) is 11.2. The van der Waals surface area contributed by atoms with E-state index in [-0.39, 0.29) is 12.8 Å². The molecule has 0 aromatic carbocycles. The number of aliphatic hydroxyl groups is 5. The van der Waals surface area contributed by atoms with Crippen molar-refractivity contribution in [3.8, 4) is 0 Å². The van der Waals surface area contributed by atoms with Gasteiger partial charge in [-0.3, -0.25) is 18.6 Å². The molecule has 8 atom stereocenters. The van der Waals surface area contributed by atoms with E-state index >= 15 is 0 Å². The van der Waals surface area contributed by atoms with Gasteiger partial charge < -0.3 is 39.9 Å². The molecule has 0 saturated heterocycles. The van der Waals surface area contributed by atoms with Gasteiger partial charge in [0.15, 0.2) is 6.10 Å². The molecule has 1 saturated carbocycles. The Labute approximate surface area is 380 Å². The predicted octanol–water partition coefficient (Wildman–Crippen LogP) is 9.95. The largest absolute Gasteiger partial charge is 0.472 e. The normalized spacial score (nSPS) is 22.1. The minimum absolute atomic E-state index is 0.0807. The van der Waals surface area contributed by atoms with Crippen molar-refractivity contribution in [3.05, 3.63) is 48.6 Å². The van der Waals surface area contributed by atoms with Crippen LogP contribution in [-0.2, 0) is 32.7 Å². The average Bonchev–Trinajstić information content (AvgIpc) is 3.26. The first-order chi connectivity index (χ1) is 30.4. The van der Waals surface area contributed by atoms with Crippen molar-refractivity contribution in [2.75, 3.05) is 13.2 Å². The Bertz CT molecular complexity index is 1290. The summed E-state index contributed by atoms with van der Waals surface area (Å²) >= 11 is 0. The molecule has 0 aliphatic heterocycles. The van der Waals surface area contributed by atoms with Crippen molar-refractivity contribution in [1.82, 2.24) is 0 Å². The topological polar surface area (TPSA) is 210 Å². The molecule has 0 spiro atoms. The van der Waals surface area contributed by atoms with Crippen LogP contribution in [0.2, 0.25) is 0 Å². The molecule has 1 aliphatic carbocycles. The van der Waals surface area contributed by atoms with Crippen LogP contribution in [0.5, 0.6) is 0 Å². The lowest BCUT2D eigenvalue weighted by atomic mass is 9.85.